The number of aromatic nitrogens is 2. The predicted molar refractivity (Wildman–Crippen MR) is 98.1 cm³/mol. The maximum absolute atomic E-state index is 12.1. The van der Waals surface area contributed by atoms with E-state index in [1.165, 1.54) is 35.6 Å². The van der Waals surface area contributed by atoms with Gasteiger partial charge >= 0.3 is 0 Å². The average molecular weight is 386 g/mol. The summed E-state index contributed by atoms with van der Waals surface area (Å²) in [5, 5.41) is 9.67. The van der Waals surface area contributed by atoms with Gasteiger partial charge in [0.1, 0.15) is 5.25 Å². The van der Waals surface area contributed by atoms with Crippen LogP contribution in [0.5, 0.6) is 0 Å². The Balaban J connectivity index is 1.92. The molecule has 9 heteroatoms. The number of benzene rings is 1. The van der Waals surface area contributed by atoms with Crippen molar-refractivity contribution in [2.24, 2.45) is 0 Å². The summed E-state index contributed by atoms with van der Waals surface area (Å²) in [5.41, 5.74) is 1.17. The Bertz CT molecular complexity index is 776. The molecule has 0 aliphatic heterocycles. The molecule has 0 saturated carbocycles. The number of nitrogens with zero attached hydrogens (tertiary/aromatic N) is 2. The normalized spacial score (nSPS) is 12.8. The summed E-state index contributed by atoms with van der Waals surface area (Å²) < 4.78 is 24.6. The molecular formula is C15H19N3O3S3. The molecule has 6 nitrogen and oxygen atoms in total. The maximum atomic E-state index is 12.1. The third-order valence-corrected chi connectivity index (χ3v) is 7.55. The van der Waals surface area contributed by atoms with E-state index in [0.717, 1.165) is 10.1 Å². The highest BCUT2D eigenvalue weighted by molar-refractivity contribution is 8.00. The lowest BCUT2D eigenvalue weighted by Gasteiger charge is -2.10. The minimum atomic E-state index is -3.43. The van der Waals surface area contributed by atoms with Gasteiger partial charge in [-0.15, -0.1) is 10.2 Å². The molecule has 24 heavy (non-hydrogen) atoms. The Kier molecular flexibility index (Phi) is 6.76. The Morgan fingerprint density at radius 3 is 2.67 bits per heavy atom. The van der Waals surface area contributed by atoms with E-state index in [0.29, 0.717) is 11.6 Å². The molecule has 1 heterocycles. The summed E-state index contributed by atoms with van der Waals surface area (Å²) in [7, 11) is -3.43. The van der Waals surface area contributed by atoms with Crippen molar-refractivity contribution in [3.63, 3.8) is 0 Å². The van der Waals surface area contributed by atoms with Crippen LogP contribution in [-0.4, -0.2) is 35.5 Å². The van der Waals surface area contributed by atoms with Crippen molar-refractivity contribution in [2.45, 2.75) is 35.6 Å². The molecule has 0 bridgehead atoms. The highest BCUT2D eigenvalue weighted by Gasteiger charge is 2.27. The van der Waals surface area contributed by atoms with E-state index in [9.17, 15) is 13.2 Å². The summed E-state index contributed by atoms with van der Waals surface area (Å²) in [4.78, 5) is 12.1. The van der Waals surface area contributed by atoms with Crippen molar-refractivity contribution >= 4 is 44.0 Å². The number of carbonyl (C=O) groups excluding carboxylic acids is 1. The second kappa shape index (κ2) is 8.59. The lowest BCUT2D eigenvalue weighted by atomic mass is 10.2. The number of carbonyl (C=O) groups is 1. The van der Waals surface area contributed by atoms with Crippen LogP contribution in [0.2, 0.25) is 0 Å². The molecule has 0 saturated heterocycles. The molecule has 130 valence electrons. The summed E-state index contributed by atoms with van der Waals surface area (Å²) in [6.07, 6.45) is 0.485. The molecule has 2 aromatic rings. The van der Waals surface area contributed by atoms with Crippen molar-refractivity contribution in [3.8, 4) is 0 Å². The number of rotatable bonds is 8. The van der Waals surface area contributed by atoms with Gasteiger partial charge in [0, 0.05) is 5.75 Å². The standard InChI is InChI=1S/C15H19N3O3S3/c1-3-9-24(20,21)11(2)13(19)16-14-17-18-15(23-14)22-10-12-7-5-4-6-8-12/h4-8,11H,3,9-10H2,1-2H3,(H,16,17,19). The fraction of sp³-hybridized carbons (Fsp3) is 0.400. The van der Waals surface area contributed by atoms with Crippen LogP contribution in [0.25, 0.3) is 0 Å². The quantitative estimate of drug-likeness (QED) is 0.555. The number of hydrogen-bond donors (Lipinski definition) is 1. The number of anilines is 1. The zero-order chi connectivity index (χ0) is 17.6. The third-order valence-electron chi connectivity index (χ3n) is 3.24. The lowest BCUT2D eigenvalue weighted by molar-refractivity contribution is -0.115. The van der Waals surface area contributed by atoms with E-state index in [2.05, 4.69) is 15.5 Å². The molecule has 0 aliphatic carbocycles. The predicted octanol–water partition coefficient (Wildman–Crippen LogP) is 2.98. The van der Waals surface area contributed by atoms with Gasteiger partial charge in [0.15, 0.2) is 14.2 Å². The second-order valence-electron chi connectivity index (χ2n) is 5.15. The first-order valence-electron chi connectivity index (χ1n) is 7.45. The van der Waals surface area contributed by atoms with Gasteiger partial charge in [-0.1, -0.05) is 60.4 Å². The highest BCUT2D eigenvalue weighted by Crippen LogP contribution is 2.28. The van der Waals surface area contributed by atoms with Crippen molar-refractivity contribution in [2.75, 3.05) is 11.1 Å². The molecular weight excluding hydrogens is 366 g/mol. The van der Waals surface area contributed by atoms with Gasteiger partial charge in [-0.3, -0.25) is 10.1 Å². The van der Waals surface area contributed by atoms with Gasteiger partial charge < -0.3 is 0 Å². The number of nitrogens with one attached hydrogen (secondary N) is 1. The smallest absolute Gasteiger partial charge is 0.244 e. The highest BCUT2D eigenvalue weighted by atomic mass is 32.2. The van der Waals surface area contributed by atoms with Crippen LogP contribution < -0.4 is 5.32 Å². The van der Waals surface area contributed by atoms with E-state index in [4.69, 9.17) is 0 Å². The van der Waals surface area contributed by atoms with Crippen LogP contribution in [0.3, 0.4) is 0 Å². The Labute approximate surface area is 150 Å². The van der Waals surface area contributed by atoms with Crippen molar-refractivity contribution < 1.29 is 13.2 Å². The van der Waals surface area contributed by atoms with E-state index in [-0.39, 0.29) is 5.75 Å². The van der Waals surface area contributed by atoms with Gasteiger partial charge in [0.05, 0.1) is 5.75 Å². The fourth-order valence-electron chi connectivity index (χ4n) is 1.87. The van der Waals surface area contributed by atoms with Crippen LogP contribution in [-0.2, 0) is 20.4 Å². The average Bonchev–Trinajstić information content (AvgIpc) is 3.00. The SMILES string of the molecule is CCCS(=O)(=O)C(C)C(=O)Nc1nnc(SCc2ccccc2)s1. The molecule has 1 aromatic heterocycles. The molecule has 0 radical (unpaired) electrons. The van der Waals surface area contributed by atoms with Gasteiger partial charge in [0.25, 0.3) is 0 Å². The van der Waals surface area contributed by atoms with Gasteiger partial charge in [-0.05, 0) is 18.9 Å². The Morgan fingerprint density at radius 1 is 1.29 bits per heavy atom. The van der Waals surface area contributed by atoms with Crippen LogP contribution in [0.15, 0.2) is 34.7 Å². The minimum absolute atomic E-state index is 0.00408. The Hall–Kier alpha value is -1.45. The number of amides is 1. The second-order valence-corrected chi connectivity index (χ2v) is 9.79. The lowest BCUT2D eigenvalue weighted by Crippen LogP contribution is -2.34. The molecule has 0 aliphatic rings. The molecule has 0 spiro atoms. The zero-order valence-corrected chi connectivity index (χ0v) is 15.9. The molecule has 1 amide bonds. The first-order chi connectivity index (χ1) is 11.4. The first-order valence-corrected chi connectivity index (χ1v) is 11.0. The van der Waals surface area contributed by atoms with E-state index < -0.39 is 21.0 Å². The summed E-state index contributed by atoms with van der Waals surface area (Å²) >= 11 is 2.75. The van der Waals surface area contributed by atoms with E-state index in [1.54, 1.807) is 6.92 Å². The Morgan fingerprint density at radius 2 is 2.00 bits per heavy atom. The fourth-order valence-corrected chi connectivity index (χ4v) is 4.89. The van der Waals surface area contributed by atoms with Crippen LogP contribution in [0, 0.1) is 0 Å². The number of thioether (sulfide) groups is 1. The van der Waals surface area contributed by atoms with Gasteiger partial charge in [0.2, 0.25) is 11.0 Å². The van der Waals surface area contributed by atoms with Crippen molar-refractivity contribution in [1.29, 1.82) is 0 Å². The summed E-state index contributed by atoms with van der Waals surface area (Å²) in [6.45, 7) is 3.16. The third kappa shape index (κ3) is 5.29. The molecule has 2 rings (SSSR count). The minimum Gasteiger partial charge on any atom is -0.299 e. The van der Waals surface area contributed by atoms with Gasteiger partial charge in [-0.25, -0.2) is 8.42 Å². The topological polar surface area (TPSA) is 89.0 Å². The monoisotopic (exact) mass is 385 g/mol. The van der Waals surface area contributed by atoms with Crippen molar-refractivity contribution in [3.05, 3.63) is 35.9 Å². The van der Waals surface area contributed by atoms with Crippen LogP contribution in [0.4, 0.5) is 5.13 Å². The van der Waals surface area contributed by atoms with Gasteiger partial charge in [-0.2, -0.15) is 0 Å². The number of sulfone groups is 1. The molecule has 0 fully saturated rings. The zero-order valence-electron chi connectivity index (χ0n) is 13.4. The maximum Gasteiger partial charge on any atom is 0.244 e. The first kappa shape index (κ1) is 18.9. The summed E-state index contributed by atoms with van der Waals surface area (Å²) in [5.74, 6) is 0.180. The molecule has 1 N–H and O–H groups in total. The largest absolute Gasteiger partial charge is 0.299 e. The van der Waals surface area contributed by atoms with Crippen molar-refractivity contribution in [1.82, 2.24) is 10.2 Å². The molecule has 1 aromatic carbocycles. The van der Waals surface area contributed by atoms with Crippen LogP contribution >= 0.6 is 23.1 Å². The molecule has 1 unspecified atom stereocenters. The van der Waals surface area contributed by atoms with E-state index in [1.807, 2.05) is 30.3 Å². The molecule has 1 atom stereocenters. The van der Waals surface area contributed by atoms with Crippen LogP contribution in [0.1, 0.15) is 25.8 Å². The van der Waals surface area contributed by atoms with E-state index >= 15 is 0 Å². The summed E-state index contributed by atoms with van der Waals surface area (Å²) in [6, 6.07) is 9.95. The number of hydrogen-bond acceptors (Lipinski definition) is 7.